The molecule has 0 radical (unpaired) electrons. The van der Waals surface area contributed by atoms with E-state index in [2.05, 4.69) is 18.8 Å². The Kier molecular flexibility index (Phi) is 6.73. The van der Waals surface area contributed by atoms with Crippen LogP contribution in [-0.2, 0) is 4.79 Å². The minimum atomic E-state index is -0.195. The molecule has 2 N–H and O–H groups in total. The van der Waals surface area contributed by atoms with E-state index in [0.29, 0.717) is 17.0 Å². The number of unbranched alkanes of at least 4 members (excludes halogenated alkanes) is 2. The minimum absolute atomic E-state index is 0.0451. The van der Waals surface area contributed by atoms with Gasteiger partial charge in [0.15, 0.2) is 16.7 Å². The molecule has 1 saturated heterocycles. The first-order valence-electron chi connectivity index (χ1n) is 8.34. The number of carbonyl (C=O) groups is 1. The molecule has 0 aromatic heterocycles. The van der Waals surface area contributed by atoms with Gasteiger partial charge in [0.25, 0.3) is 5.91 Å². The molecule has 130 valence electrons. The molecule has 0 bridgehead atoms. The van der Waals surface area contributed by atoms with Gasteiger partial charge in [-0.1, -0.05) is 32.8 Å². The lowest BCUT2D eigenvalue weighted by Gasteiger charge is -2.14. The Morgan fingerprint density at radius 3 is 2.58 bits per heavy atom. The average molecular weight is 348 g/mol. The molecule has 5 nitrogen and oxygen atoms in total. The summed E-state index contributed by atoms with van der Waals surface area (Å²) in [4.78, 5) is 19.6. The van der Waals surface area contributed by atoms with Gasteiger partial charge < -0.3 is 10.2 Å². The Balaban J connectivity index is 2.23. The van der Waals surface area contributed by atoms with Crippen LogP contribution in [0.15, 0.2) is 28.1 Å². The van der Waals surface area contributed by atoms with Crippen LogP contribution in [-0.4, -0.2) is 39.3 Å². The summed E-state index contributed by atoms with van der Waals surface area (Å²) in [5.74, 6) is -0.412. The van der Waals surface area contributed by atoms with E-state index in [1.165, 1.54) is 23.9 Å². The summed E-state index contributed by atoms with van der Waals surface area (Å²) in [6.45, 7) is 5.61. The summed E-state index contributed by atoms with van der Waals surface area (Å²) in [5, 5.41) is 19.7. The lowest BCUT2D eigenvalue weighted by molar-refractivity contribution is -0.122. The number of rotatable bonds is 7. The summed E-state index contributed by atoms with van der Waals surface area (Å²) in [6.07, 6.45) is 5.76. The minimum Gasteiger partial charge on any atom is -0.504 e. The van der Waals surface area contributed by atoms with E-state index in [1.807, 2.05) is 0 Å². The Hall–Kier alpha value is -1.95. The zero-order chi connectivity index (χ0) is 17.5. The van der Waals surface area contributed by atoms with E-state index in [1.54, 1.807) is 17.0 Å². The van der Waals surface area contributed by atoms with Crippen molar-refractivity contribution in [1.29, 1.82) is 0 Å². The molecule has 1 aromatic carbocycles. The second kappa shape index (κ2) is 8.78. The lowest BCUT2D eigenvalue weighted by atomic mass is 10.2. The number of thioether (sulfide) groups is 1. The number of benzene rings is 1. The SMILES string of the molecule is CCCCN=C1S/C(=C\c2ccc(O)c(O)c2)C(=O)N1CCCC. The molecule has 24 heavy (non-hydrogen) atoms. The number of amides is 1. The molecule has 2 rings (SSSR count). The average Bonchev–Trinajstić information content (AvgIpc) is 2.85. The van der Waals surface area contributed by atoms with E-state index in [4.69, 9.17) is 0 Å². The smallest absolute Gasteiger partial charge is 0.266 e. The molecule has 1 fully saturated rings. The molecule has 0 saturated carbocycles. The van der Waals surface area contributed by atoms with Gasteiger partial charge in [-0.2, -0.15) is 0 Å². The summed E-state index contributed by atoms with van der Waals surface area (Å²) in [5.41, 5.74) is 0.673. The van der Waals surface area contributed by atoms with Crippen molar-refractivity contribution in [3.05, 3.63) is 28.7 Å². The largest absolute Gasteiger partial charge is 0.504 e. The maximum Gasteiger partial charge on any atom is 0.266 e. The van der Waals surface area contributed by atoms with Crippen LogP contribution in [0.2, 0.25) is 0 Å². The first-order chi connectivity index (χ1) is 11.6. The lowest BCUT2D eigenvalue weighted by Crippen LogP contribution is -2.30. The monoisotopic (exact) mass is 348 g/mol. The van der Waals surface area contributed by atoms with Crippen LogP contribution in [0.1, 0.15) is 45.1 Å². The first kappa shape index (κ1) is 18.4. The molecule has 1 aliphatic rings. The standard InChI is InChI=1S/C18H24N2O3S/c1-3-5-9-19-18-20(10-6-4-2)17(23)16(24-18)12-13-7-8-14(21)15(22)11-13/h7-8,11-12,21-22H,3-6,9-10H2,1-2H3/b16-12-,19-18?. The van der Waals surface area contributed by atoms with Crippen LogP contribution in [0, 0.1) is 0 Å². The summed E-state index contributed by atoms with van der Waals surface area (Å²) in [7, 11) is 0. The molecule has 0 atom stereocenters. The predicted octanol–water partition coefficient (Wildman–Crippen LogP) is 3.97. The van der Waals surface area contributed by atoms with Crippen molar-refractivity contribution >= 4 is 28.9 Å². The highest BCUT2D eigenvalue weighted by Gasteiger charge is 2.32. The molecule has 0 unspecified atom stereocenters. The van der Waals surface area contributed by atoms with E-state index < -0.39 is 0 Å². The zero-order valence-corrected chi connectivity index (χ0v) is 15.0. The van der Waals surface area contributed by atoms with Crippen molar-refractivity contribution < 1.29 is 15.0 Å². The molecular formula is C18H24N2O3S. The van der Waals surface area contributed by atoms with E-state index >= 15 is 0 Å². The highest BCUT2D eigenvalue weighted by molar-refractivity contribution is 8.18. The molecule has 1 heterocycles. The van der Waals surface area contributed by atoms with Gasteiger partial charge in [-0.05, 0) is 48.4 Å². The molecule has 1 aromatic rings. The maximum atomic E-state index is 12.7. The van der Waals surface area contributed by atoms with Crippen molar-refractivity contribution in [3.8, 4) is 11.5 Å². The third-order valence-electron chi connectivity index (χ3n) is 3.68. The fourth-order valence-electron chi connectivity index (χ4n) is 2.25. The number of aliphatic imine (C=N–C) groups is 1. The summed E-state index contributed by atoms with van der Waals surface area (Å²) >= 11 is 1.38. The van der Waals surface area contributed by atoms with Gasteiger partial charge in [-0.3, -0.25) is 14.7 Å². The van der Waals surface area contributed by atoms with Crippen LogP contribution < -0.4 is 0 Å². The molecule has 0 spiro atoms. The number of amidine groups is 1. The number of phenolic OH excluding ortho intramolecular Hbond substituents is 2. The van der Waals surface area contributed by atoms with Gasteiger partial charge >= 0.3 is 0 Å². The van der Waals surface area contributed by atoms with Crippen molar-refractivity contribution in [2.45, 2.75) is 39.5 Å². The Morgan fingerprint density at radius 1 is 1.17 bits per heavy atom. The normalized spacial score (nSPS) is 18.1. The number of hydrogen-bond acceptors (Lipinski definition) is 5. The van der Waals surface area contributed by atoms with Crippen LogP contribution in [0.5, 0.6) is 11.5 Å². The quantitative estimate of drug-likeness (QED) is 0.444. The zero-order valence-electron chi connectivity index (χ0n) is 14.2. The fraction of sp³-hybridized carbons (Fsp3) is 0.444. The van der Waals surface area contributed by atoms with Crippen molar-refractivity contribution in [1.82, 2.24) is 4.90 Å². The summed E-state index contributed by atoms with van der Waals surface area (Å²) in [6, 6.07) is 4.52. The van der Waals surface area contributed by atoms with Crippen LogP contribution >= 0.6 is 11.8 Å². The Labute approximate surface area is 147 Å². The van der Waals surface area contributed by atoms with Gasteiger partial charge in [-0.25, -0.2) is 0 Å². The third kappa shape index (κ3) is 4.54. The Bertz CT molecular complexity index is 656. The van der Waals surface area contributed by atoms with Gasteiger partial charge in [0, 0.05) is 13.1 Å². The first-order valence-corrected chi connectivity index (χ1v) is 9.16. The van der Waals surface area contributed by atoms with Crippen LogP contribution in [0.25, 0.3) is 6.08 Å². The third-order valence-corrected chi connectivity index (χ3v) is 4.72. The topological polar surface area (TPSA) is 73.1 Å². The fourth-order valence-corrected chi connectivity index (χ4v) is 3.28. The number of aromatic hydroxyl groups is 2. The van der Waals surface area contributed by atoms with E-state index in [-0.39, 0.29) is 17.4 Å². The second-order valence-electron chi connectivity index (χ2n) is 5.69. The van der Waals surface area contributed by atoms with Crippen LogP contribution in [0.4, 0.5) is 0 Å². The highest BCUT2D eigenvalue weighted by atomic mass is 32.2. The van der Waals surface area contributed by atoms with Gasteiger partial charge in [-0.15, -0.1) is 0 Å². The number of carbonyl (C=O) groups excluding carboxylic acids is 1. The number of hydrogen-bond donors (Lipinski definition) is 2. The van der Waals surface area contributed by atoms with Crippen LogP contribution in [0.3, 0.4) is 0 Å². The van der Waals surface area contributed by atoms with E-state index in [0.717, 1.165) is 37.4 Å². The molecule has 0 aliphatic carbocycles. The molecular weight excluding hydrogens is 324 g/mol. The summed E-state index contributed by atoms with van der Waals surface area (Å²) < 4.78 is 0. The van der Waals surface area contributed by atoms with Crippen molar-refractivity contribution in [2.75, 3.05) is 13.1 Å². The van der Waals surface area contributed by atoms with Gasteiger partial charge in [0.05, 0.1) is 4.91 Å². The highest BCUT2D eigenvalue weighted by Crippen LogP contribution is 2.34. The second-order valence-corrected chi connectivity index (χ2v) is 6.70. The van der Waals surface area contributed by atoms with Gasteiger partial charge in [0.1, 0.15) is 0 Å². The van der Waals surface area contributed by atoms with E-state index in [9.17, 15) is 15.0 Å². The molecule has 6 heteroatoms. The molecule has 1 aliphatic heterocycles. The van der Waals surface area contributed by atoms with Crippen molar-refractivity contribution in [2.24, 2.45) is 4.99 Å². The van der Waals surface area contributed by atoms with Gasteiger partial charge in [0.2, 0.25) is 0 Å². The predicted molar refractivity (Wildman–Crippen MR) is 99.2 cm³/mol. The van der Waals surface area contributed by atoms with Crippen molar-refractivity contribution in [3.63, 3.8) is 0 Å². The Morgan fingerprint density at radius 2 is 1.92 bits per heavy atom. The number of nitrogens with zero attached hydrogens (tertiary/aromatic N) is 2. The number of phenols is 2. The maximum absolute atomic E-state index is 12.7. The molecule has 1 amide bonds.